The first-order valence-corrected chi connectivity index (χ1v) is 7.53. The summed E-state index contributed by atoms with van der Waals surface area (Å²) in [6.07, 6.45) is 1.77. The Bertz CT molecular complexity index is 645. The highest BCUT2D eigenvalue weighted by molar-refractivity contribution is 5.98. The SMILES string of the molecule is CC(C)N1CCN(C(=O)c2ccc3ncccc3c2)CC1. The Morgan fingerprint density at radius 1 is 1.14 bits per heavy atom. The molecule has 4 nitrogen and oxygen atoms in total. The van der Waals surface area contributed by atoms with E-state index in [1.165, 1.54) is 0 Å². The number of fused-ring (bicyclic) bond motifs is 1. The van der Waals surface area contributed by atoms with Crippen molar-refractivity contribution in [2.24, 2.45) is 0 Å². The summed E-state index contributed by atoms with van der Waals surface area (Å²) in [5.41, 5.74) is 1.69. The van der Waals surface area contributed by atoms with Gasteiger partial charge in [0, 0.05) is 49.4 Å². The topological polar surface area (TPSA) is 36.4 Å². The van der Waals surface area contributed by atoms with E-state index < -0.39 is 0 Å². The fourth-order valence-corrected chi connectivity index (χ4v) is 2.83. The second kappa shape index (κ2) is 5.82. The lowest BCUT2D eigenvalue weighted by molar-refractivity contribution is 0.0595. The van der Waals surface area contributed by atoms with Gasteiger partial charge in [0.05, 0.1) is 5.52 Å². The van der Waals surface area contributed by atoms with Crippen LogP contribution in [0.4, 0.5) is 0 Å². The summed E-state index contributed by atoms with van der Waals surface area (Å²) in [5, 5.41) is 1.02. The smallest absolute Gasteiger partial charge is 0.253 e. The van der Waals surface area contributed by atoms with Crippen molar-refractivity contribution in [3.63, 3.8) is 0 Å². The number of hydrogen-bond donors (Lipinski definition) is 0. The van der Waals surface area contributed by atoms with Gasteiger partial charge in [-0.3, -0.25) is 14.7 Å². The minimum absolute atomic E-state index is 0.129. The van der Waals surface area contributed by atoms with Crippen LogP contribution in [0, 0.1) is 0 Å². The van der Waals surface area contributed by atoms with Crippen molar-refractivity contribution in [3.8, 4) is 0 Å². The molecule has 1 aromatic heterocycles. The van der Waals surface area contributed by atoms with Crippen LogP contribution < -0.4 is 0 Å². The van der Waals surface area contributed by atoms with Crippen LogP contribution in [0.5, 0.6) is 0 Å². The zero-order chi connectivity index (χ0) is 14.8. The molecule has 1 aliphatic rings. The molecular formula is C17H21N3O. The number of piperazine rings is 1. The number of amides is 1. The Morgan fingerprint density at radius 3 is 2.62 bits per heavy atom. The van der Waals surface area contributed by atoms with E-state index >= 15 is 0 Å². The molecule has 1 aromatic carbocycles. The van der Waals surface area contributed by atoms with Crippen molar-refractivity contribution >= 4 is 16.8 Å². The van der Waals surface area contributed by atoms with Crippen LogP contribution in [0.1, 0.15) is 24.2 Å². The van der Waals surface area contributed by atoms with Crippen LogP contribution in [0.25, 0.3) is 10.9 Å². The average molecular weight is 283 g/mol. The van der Waals surface area contributed by atoms with Gasteiger partial charge in [0.15, 0.2) is 0 Å². The minimum Gasteiger partial charge on any atom is -0.336 e. The molecule has 1 aliphatic heterocycles. The molecule has 0 spiro atoms. The van der Waals surface area contributed by atoms with E-state index in [0.717, 1.165) is 42.6 Å². The van der Waals surface area contributed by atoms with Crippen molar-refractivity contribution in [1.29, 1.82) is 0 Å². The van der Waals surface area contributed by atoms with Crippen molar-refractivity contribution in [2.75, 3.05) is 26.2 Å². The van der Waals surface area contributed by atoms with Gasteiger partial charge in [-0.2, -0.15) is 0 Å². The number of carbonyl (C=O) groups excluding carboxylic acids is 1. The Hall–Kier alpha value is -1.94. The van der Waals surface area contributed by atoms with E-state index in [0.29, 0.717) is 6.04 Å². The molecule has 0 atom stereocenters. The molecule has 21 heavy (non-hydrogen) atoms. The largest absolute Gasteiger partial charge is 0.336 e. The summed E-state index contributed by atoms with van der Waals surface area (Å²) in [7, 11) is 0. The van der Waals surface area contributed by atoms with Crippen molar-refractivity contribution < 1.29 is 4.79 Å². The molecule has 2 heterocycles. The normalized spacial score (nSPS) is 16.6. The Labute approximate surface area is 125 Å². The quantitative estimate of drug-likeness (QED) is 0.849. The maximum Gasteiger partial charge on any atom is 0.253 e. The highest BCUT2D eigenvalue weighted by atomic mass is 16.2. The molecule has 0 saturated carbocycles. The molecule has 0 bridgehead atoms. The summed E-state index contributed by atoms with van der Waals surface area (Å²) in [6, 6.07) is 10.2. The van der Waals surface area contributed by atoms with Gasteiger partial charge in [-0.05, 0) is 38.1 Å². The van der Waals surface area contributed by atoms with E-state index in [1.54, 1.807) is 6.20 Å². The van der Waals surface area contributed by atoms with Gasteiger partial charge in [-0.25, -0.2) is 0 Å². The summed E-state index contributed by atoms with van der Waals surface area (Å²) in [6.45, 7) is 7.93. The van der Waals surface area contributed by atoms with Crippen molar-refractivity contribution in [3.05, 3.63) is 42.1 Å². The van der Waals surface area contributed by atoms with E-state index in [4.69, 9.17) is 0 Å². The molecule has 0 N–H and O–H groups in total. The van der Waals surface area contributed by atoms with Gasteiger partial charge >= 0.3 is 0 Å². The highest BCUT2D eigenvalue weighted by Crippen LogP contribution is 2.16. The average Bonchev–Trinajstić information content (AvgIpc) is 2.54. The molecule has 1 saturated heterocycles. The van der Waals surface area contributed by atoms with Gasteiger partial charge in [-0.15, -0.1) is 0 Å². The van der Waals surface area contributed by atoms with Crippen LogP contribution in [0.2, 0.25) is 0 Å². The van der Waals surface area contributed by atoms with Gasteiger partial charge in [0.25, 0.3) is 5.91 Å². The molecule has 3 rings (SSSR count). The van der Waals surface area contributed by atoms with Crippen molar-refractivity contribution in [2.45, 2.75) is 19.9 Å². The second-order valence-electron chi connectivity index (χ2n) is 5.83. The predicted octanol–water partition coefficient (Wildman–Crippen LogP) is 2.40. The fraction of sp³-hybridized carbons (Fsp3) is 0.412. The van der Waals surface area contributed by atoms with Gasteiger partial charge in [-0.1, -0.05) is 6.07 Å². The summed E-state index contributed by atoms with van der Waals surface area (Å²) < 4.78 is 0. The van der Waals surface area contributed by atoms with E-state index in [1.807, 2.05) is 35.2 Å². The lowest BCUT2D eigenvalue weighted by Crippen LogP contribution is -2.50. The van der Waals surface area contributed by atoms with Gasteiger partial charge in [0.1, 0.15) is 0 Å². The van der Waals surface area contributed by atoms with Crippen LogP contribution >= 0.6 is 0 Å². The fourth-order valence-electron chi connectivity index (χ4n) is 2.83. The molecule has 110 valence electrons. The third kappa shape index (κ3) is 2.90. The Morgan fingerprint density at radius 2 is 1.90 bits per heavy atom. The first kappa shape index (κ1) is 14.0. The third-order valence-electron chi connectivity index (χ3n) is 4.18. The lowest BCUT2D eigenvalue weighted by atomic mass is 10.1. The molecular weight excluding hydrogens is 262 g/mol. The van der Waals surface area contributed by atoms with Crippen LogP contribution in [0.3, 0.4) is 0 Å². The monoisotopic (exact) mass is 283 g/mol. The van der Waals surface area contributed by atoms with E-state index in [2.05, 4.69) is 23.7 Å². The van der Waals surface area contributed by atoms with Crippen LogP contribution in [-0.4, -0.2) is 52.9 Å². The molecule has 0 radical (unpaired) electrons. The van der Waals surface area contributed by atoms with Crippen molar-refractivity contribution in [1.82, 2.24) is 14.8 Å². The molecule has 0 aliphatic carbocycles. The molecule has 1 amide bonds. The zero-order valence-electron chi connectivity index (χ0n) is 12.6. The summed E-state index contributed by atoms with van der Waals surface area (Å²) in [5.74, 6) is 0.129. The number of carbonyl (C=O) groups is 1. The minimum atomic E-state index is 0.129. The number of pyridine rings is 1. The van der Waals surface area contributed by atoms with Crippen LogP contribution in [-0.2, 0) is 0 Å². The summed E-state index contributed by atoms with van der Waals surface area (Å²) >= 11 is 0. The number of nitrogens with zero attached hydrogens (tertiary/aromatic N) is 3. The summed E-state index contributed by atoms with van der Waals surface area (Å²) in [4.78, 5) is 21.3. The number of aromatic nitrogens is 1. The Kier molecular flexibility index (Phi) is 3.88. The zero-order valence-corrected chi connectivity index (χ0v) is 12.6. The number of hydrogen-bond acceptors (Lipinski definition) is 3. The lowest BCUT2D eigenvalue weighted by Gasteiger charge is -2.37. The second-order valence-corrected chi connectivity index (χ2v) is 5.83. The third-order valence-corrected chi connectivity index (χ3v) is 4.18. The Balaban J connectivity index is 1.75. The molecule has 2 aromatic rings. The maximum absolute atomic E-state index is 12.6. The van der Waals surface area contributed by atoms with Gasteiger partial charge in [0.2, 0.25) is 0 Å². The van der Waals surface area contributed by atoms with Gasteiger partial charge < -0.3 is 4.90 Å². The standard InChI is InChI=1S/C17H21N3O/c1-13(2)19-8-10-20(11-9-19)17(21)15-5-6-16-14(12-15)4-3-7-18-16/h3-7,12-13H,8-11H2,1-2H3. The first-order valence-electron chi connectivity index (χ1n) is 7.53. The first-order chi connectivity index (χ1) is 10.1. The molecule has 1 fully saturated rings. The molecule has 4 heteroatoms. The molecule has 0 unspecified atom stereocenters. The number of rotatable bonds is 2. The number of benzene rings is 1. The predicted molar refractivity (Wildman–Crippen MR) is 84.4 cm³/mol. The highest BCUT2D eigenvalue weighted by Gasteiger charge is 2.23. The maximum atomic E-state index is 12.6. The van der Waals surface area contributed by atoms with E-state index in [9.17, 15) is 4.79 Å². The van der Waals surface area contributed by atoms with Crippen LogP contribution in [0.15, 0.2) is 36.5 Å². The van der Waals surface area contributed by atoms with E-state index in [-0.39, 0.29) is 5.91 Å².